The molecule has 1 aliphatic rings. The Morgan fingerprint density at radius 3 is 2.15 bits per heavy atom. The van der Waals surface area contributed by atoms with E-state index in [0.717, 1.165) is 5.92 Å². The third-order valence-corrected chi connectivity index (χ3v) is 4.92. The van der Waals surface area contributed by atoms with E-state index < -0.39 is 0 Å². The van der Waals surface area contributed by atoms with Gasteiger partial charge in [-0.05, 0) is 23.0 Å². The van der Waals surface area contributed by atoms with Crippen molar-refractivity contribution >= 4 is 6.08 Å². The van der Waals surface area contributed by atoms with Crippen LogP contribution in [0.5, 0.6) is 0 Å². The number of hydrogen-bond acceptors (Lipinski definition) is 0. The zero-order chi connectivity index (χ0) is 14.0. The van der Waals surface area contributed by atoms with Gasteiger partial charge in [-0.3, -0.25) is 0 Å². The largest absolute Gasteiger partial charge is 0.0796 e. The maximum atomic E-state index is 2.41. The van der Waals surface area contributed by atoms with E-state index in [2.05, 4.69) is 86.7 Å². The smallest absolute Gasteiger partial charge is 0.00246 e. The fraction of sp³-hybridized carbons (Fsp3) is 0.300. The highest BCUT2D eigenvalue weighted by Gasteiger charge is 2.59. The van der Waals surface area contributed by atoms with Crippen LogP contribution in [0.2, 0.25) is 0 Å². The topological polar surface area (TPSA) is 0 Å². The molecule has 0 N–H and O–H groups in total. The summed E-state index contributed by atoms with van der Waals surface area (Å²) >= 11 is 0. The summed E-state index contributed by atoms with van der Waals surface area (Å²) in [6, 6.07) is 21.6. The first kappa shape index (κ1) is 13.2. The van der Waals surface area contributed by atoms with Gasteiger partial charge in [0.25, 0.3) is 0 Å². The van der Waals surface area contributed by atoms with Gasteiger partial charge in [0.15, 0.2) is 0 Å². The summed E-state index contributed by atoms with van der Waals surface area (Å²) < 4.78 is 0. The van der Waals surface area contributed by atoms with Crippen LogP contribution in [-0.2, 0) is 5.41 Å². The van der Waals surface area contributed by atoms with Crippen molar-refractivity contribution in [2.45, 2.75) is 25.7 Å². The normalized spacial score (nSPS) is 28.7. The van der Waals surface area contributed by atoms with Crippen LogP contribution in [0.1, 0.15) is 31.4 Å². The van der Waals surface area contributed by atoms with E-state index in [1.165, 1.54) is 17.5 Å². The Balaban J connectivity index is 1.83. The summed E-state index contributed by atoms with van der Waals surface area (Å²) in [6.45, 7) is 4.72. The molecule has 0 radical (unpaired) electrons. The lowest BCUT2D eigenvalue weighted by Gasteiger charge is -2.11. The van der Waals surface area contributed by atoms with E-state index in [4.69, 9.17) is 0 Å². The lowest BCUT2D eigenvalue weighted by molar-refractivity contribution is 0.642. The van der Waals surface area contributed by atoms with Crippen molar-refractivity contribution in [1.29, 1.82) is 0 Å². The first-order chi connectivity index (χ1) is 9.76. The molecule has 2 aromatic carbocycles. The lowest BCUT2D eigenvalue weighted by Crippen LogP contribution is -2.05. The zero-order valence-corrected chi connectivity index (χ0v) is 12.3. The Morgan fingerprint density at radius 2 is 1.55 bits per heavy atom. The first-order valence-electron chi connectivity index (χ1n) is 7.55. The van der Waals surface area contributed by atoms with Crippen LogP contribution >= 0.6 is 0 Å². The lowest BCUT2D eigenvalue weighted by atomic mass is 9.93. The highest BCUT2D eigenvalue weighted by molar-refractivity contribution is 5.52. The molecule has 2 aromatic rings. The van der Waals surface area contributed by atoms with Gasteiger partial charge in [0.1, 0.15) is 0 Å². The van der Waals surface area contributed by atoms with E-state index in [1.807, 2.05) is 0 Å². The fourth-order valence-electron chi connectivity index (χ4n) is 3.63. The molecule has 0 nitrogen and oxygen atoms in total. The minimum absolute atomic E-state index is 0.321. The van der Waals surface area contributed by atoms with Crippen LogP contribution in [0.25, 0.3) is 6.08 Å². The van der Waals surface area contributed by atoms with Crippen molar-refractivity contribution in [2.75, 3.05) is 0 Å². The number of allylic oxidation sites excluding steroid dienone is 1. The van der Waals surface area contributed by atoms with Crippen LogP contribution in [0, 0.1) is 11.8 Å². The van der Waals surface area contributed by atoms with Crippen LogP contribution in [0.3, 0.4) is 0 Å². The van der Waals surface area contributed by atoms with Gasteiger partial charge in [-0.2, -0.15) is 0 Å². The Morgan fingerprint density at radius 1 is 0.950 bits per heavy atom. The molecule has 1 saturated carbocycles. The molecular weight excluding hydrogens is 240 g/mol. The molecule has 0 amide bonds. The van der Waals surface area contributed by atoms with Gasteiger partial charge in [0, 0.05) is 5.41 Å². The average Bonchev–Trinajstić information content (AvgIpc) is 3.12. The summed E-state index contributed by atoms with van der Waals surface area (Å²) in [5.74, 6) is 1.43. The van der Waals surface area contributed by atoms with Gasteiger partial charge in [0.2, 0.25) is 0 Å². The van der Waals surface area contributed by atoms with Gasteiger partial charge >= 0.3 is 0 Å². The molecule has 102 valence electrons. The molecule has 0 aromatic heterocycles. The molecule has 3 atom stereocenters. The van der Waals surface area contributed by atoms with Gasteiger partial charge < -0.3 is 0 Å². The van der Waals surface area contributed by atoms with Crippen molar-refractivity contribution in [1.82, 2.24) is 0 Å². The second-order valence-electron chi connectivity index (χ2n) is 5.96. The Kier molecular flexibility index (Phi) is 3.48. The number of rotatable bonds is 4. The Bertz CT molecular complexity index is 582. The van der Waals surface area contributed by atoms with E-state index in [1.54, 1.807) is 0 Å². The van der Waals surface area contributed by atoms with Crippen molar-refractivity contribution < 1.29 is 0 Å². The number of hydrogen-bond donors (Lipinski definition) is 0. The second-order valence-corrected chi connectivity index (χ2v) is 5.96. The highest BCUT2D eigenvalue weighted by Crippen LogP contribution is 2.62. The Labute approximate surface area is 122 Å². The minimum atomic E-state index is 0.321. The van der Waals surface area contributed by atoms with Gasteiger partial charge in [-0.1, -0.05) is 93.1 Å². The average molecular weight is 262 g/mol. The molecule has 0 heteroatoms. The SMILES string of the molecule is CC[C@@H]1[C@H](/C=C/c2ccccc2)[C@@]1(C)c1ccccc1. The summed E-state index contributed by atoms with van der Waals surface area (Å²) in [6.07, 6.45) is 5.94. The molecule has 0 heterocycles. The van der Waals surface area contributed by atoms with Crippen molar-refractivity contribution in [3.8, 4) is 0 Å². The van der Waals surface area contributed by atoms with E-state index >= 15 is 0 Å². The predicted octanol–water partition coefficient (Wildman–Crippen LogP) is 5.31. The fourth-order valence-corrected chi connectivity index (χ4v) is 3.63. The molecule has 0 unspecified atom stereocenters. The molecule has 3 rings (SSSR count). The molecule has 20 heavy (non-hydrogen) atoms. The van der Waals surface area contributed by atoms with E-state index in [-0.39, 0.29) is 0 Å². The molecular formula is C20H22. The van der Waals surface area contributed by atoms with Gasteiger partial charge in [-0.15, -0.1) is 0 Å². The minimum Gasteiger partial charge on any atom is -0.0796 e. The highest BCUT2D eigenvalue weighted by atomic mass is 14.6. The summed E-state index contributed by atoms with van der Waals surface area (Å²) in [7, 11) is 0. The molecule has 1 aliphatic carbocycles. The third-order valence-electron chi connectivity index (χ3n) is 4.92. The van der Waals surface area contributed by atoms with Crippen molar-refractivity contribution in [2.24, 2.45) is 11.8 Å². The quantitative estimate of drug-likeness (QED) is 0.700. The van der Waals surface area contributed by atoms with E-state index in [0.29, 0.717) is 11.3 Å². The molecule has 0 aliphatic heterocycles. The maximum absolute atomic E-state index is 2.41. The molecule has 0 saturated heterocycles. The van der Waals surface area contributed by atoms with Crippen LogP contribution in [0.15, 0.2) is 66.7 Å². The van der Waals surface area contributed by atoms with Crippen molar-refractivity contribution in [3.05, 3.63) is 77.9 Å². The second kappa shape index (κ2) is 5.28. The Hall–Kier alpha value is -1.82. The van der Waals surface area contributed by atoms with Gasteiger partial charge in [-0.25, -0.2) is 0 Å². The van der Waals surface area contributed by atoms with Crippen LogP contribution in [-0.4, -0.2) is 0 Å². The third kappa shape index (κ3) is 2.20. The van der Waals surface area contributed by atoms with Crippen LogP contribution < -0.4 is 0 Å². The van der Waals surface area contributed by atoms with Gasteiger partial charge in [0.05, 0.1) is 0 Å². The standard InChI is InChI=1S/C20H22/c1-3-18-19(15-14-16-10-6-4-7-11-16)20(18,2)17-12-8-5-9-13-17/h4-15,18-19H,3H2,1-2H3/b15-14+/t18-,19+,20+/m1/s1. The molecule has 0 bridgehead atoms. The summed E-state index contributed by atoms with van der Waals surface area (Å²) in [5, 5.41) is 0. The van der Waals surface area contributed by atoms with Crippen LogP contribution in [0.4, 0.5) is 0 Å². The molecule has 0 spiro atoms. The molecule has 1 fully saturated rings. The summed E-state index contributed by atoms with van der Waals surface area (Å²) in [5.41, 5.74) is 3.10. The maximum Gasteiger partial charge on any atom is 0.00246 e. The monoisotopic (exact) mass is 262 g/mol. The zero-order valence-electron chi connectivity index (χ0n) is 12.3. The van der Waals surface area contributed by atoms with E-state index in [9.17, 15) is 0 Å². The summed E-state index contributed by atoms with van der Waals surface area (Å²) in [4.78, 5) is 0. The number of benzene rings is 2. The van der Waals surface area contributed by atoms with Crippen molar-refractivity contribution in [3.63, 3.8) is 0 Å². The predicted molar refractivity (Wildman–Crippen MR) is 86.5 cm³/mol. The first-order valence-corrected chi connectivity index (χ1v) is 7.55.